The van der Waals surface area contributed by atoms with Gasteiger partial charge in [0.25, 0.3) is 0 Å². The van der Waals surface area contributed by atoms with Crippen LogP contribution in [0.3, 0.4) is 0 Å². The van der Waals surface area contributed by atoms with Gasteiger partial charge in [-0.3, -0.25) is 4.98 Å². The lowest BCUT2D eigenvalue weighted by Crippen LogP contribution is -1.92. The maximum Gasteiger partial charge on any atom is 0.0723 e. The average Bonchev–Trinajstić information content (AvgIpc) is 2.99. The molecule has 0 bridgehead atoms. The van der Waals surface area contributed by atoms with Gasteiger partial charge in [-0.2, -0.15) is 0 Å². The van der Waals surface area contributed by atoms with E-state index in [1.165, 1.54) is 5.52 Å². The minimum atomic E-state index is 0.999. The third kappa shape index (κ3) is 2.11. The maximum atomic E-state index is 4.57. The lowest BCUT2D eigenvalue weighted by molar-refractivity contribution is 1.13. The van der Waals surface area contributed by atoms with Crippen LogP contribution in [0.25, 0.3) is 27.8 Å². The number of hydrogen-bond donors (Lipinski definition) is 0. The van der Waals surface area contributed by atoms with Gasteiger partial charge in [0.1, 0.15) is 0 Å². The summed E-state index contributed by atoms with van der Waals surface area (Å²) >= 11 is 0. The molecule has 2 heterocycles. The topological polar surface area (TPSA) is 17.8 Å². The molecule has 0 fully saturated rings. The fourth-order valence-electron chi connectivity index (χ4n) is 2.61. The summed E-state index contributed by atoms with van der Waals surface area (Å²) < 4.78 is 2.20. The first kappa shape index (κ1) is 11.9. The second-order valence-electron chi connectivity index (χ2n) is 5.02. The molecule has 0 aliphatic heterocycles. The highest BCUT2D eigenvalue weighted by molar-refractivity contribution is 5.84. The van der Waals surface area contributed by atoms with Crippen LogP contribution in [0.5, 0.6) is 0 Å². The quantitative estimate of drug-likeness (QED) is 0.516. The molecular weight excluding hydrogens is 256 g/mol. The van der Waals surface area contributed by atoms with Gasteiger partial charge in [-0.1, -0.05) is 48.5 Å². The van der Waals surface area contributed by atoms with Crippen molar-refractivity contribution in [3.05, 3.63) is 85.2 Å². The number of para-hydroxylation sites is 1. The van der Waals surface area contributed by atoms with E-state index in [9.17, 15) is 0 Å². The van der Waals surface area contributed by atoms with E-state index in [1.807, 2.05) is 30.5 Å². The van der Waals surface area contributed by atoms with Crippen molar-refractivity contribution in [3.63, 3.8) is 0 Å². The van der Waals surface area contributed by atoms with Crippen molar-refractivity contribution in [2.24, 2.45) is 0 Å². The molecule has 2 aromatic carbocycles. The predicted octanol–water partition coefficient (Wildman–Crippen LogP) is 4.69. The van der Waals surface area contributed by atoms with Crippen LogP contribution in [-0.2, 0) is 0 Å². The van der Waals surface area contributed by atoms with Crippen LogP contribution in [0, 0.1) is 0 Å². The molecule has 2 nitrogen and oxygen atoms in total. The van der Waals surface area contributed by atoms with Crippen molar-refractivity contribution in [2.45, 2.75) is 0 Å². The van der Waals surface area contributed by atoms with Crippen molar-refractivity contribution in [2.75, 3.05) is 0 Å². The van der Waals surface area contributed by atoms with Crippen molar-refractivity contribution < 1.29 is 0 Å². The Kier molecular flexibility index (Phi) is 2.79. The molecule has 0 spiro atoms. The van der Waals surface area contributed by atoms with Crippen molar-refractivity contribution in [1.29, 1.82) is 0 Å². The summed E-state index contributed by atoms with van der Waals surface area (Å²) in [5.74, 6) is 0. The molecule has 4 rings (SSSR count). The molecule has 0 radical (unpaired) electrons. The molecule has 4 aromatic rings. The maximum absolute atomic E-state index is 4.57. The Morgan fingerprint density at radius 3 is 2.24 bits per heavy atom. The molecule has 21 heavy (non-hydrogen) atoms. The van der Waals surface area contributed by atoms with Crippen LogP contribution in [-0.4, -0.2) is 9.55 Å². The normalized spacial score (nSPS) is 10.9. The van der Waals surface area contributed by atoms with Crippen LogP contribution in [0.2, 0.25) is 0 Å². The van der Waals surface area contributed by atoms with E-state index >= 15 is 0 Å². The number of fused-ring (bicyclic) bond motifs is 1. The average molecular weight is 270 g/mol. The Bertz CT molecular complexity index is 877. The molecule has 100 valence electrons. The molecule has 0 unspecified atom stereocenters. The molecule has 0 N–H and O–H groups in total. The zero-order valence-corrected chi connectivity index (χ0v) is 11.5. The Hall–Kier alpha value is -2.87. The standard InChI is InChI=1S/C19H14N2/c1-3-7-15(8-4-1)18-13-19-16(14-20-18)11-12-21(19)17-9-5-2-6-10-17/h1-14H. The smallest absolute Gasteiger partial charge is 0.0723 e. The van der Waals surface area contributed by atoms with Crippen LogP contribution in [0.15, 0.2) is 85.2 Å². The van der Waals surface area contributed by atoms with Crippen molar-refractivity contribution in [3.8, 4) is 16.9 Å². The lowest BCUT2D eigenvalue weighted by atomic mass is 10.1. The predicted molar refractivity (Wildman–Crippen MR) is 86.5 cm³/mol. The minimum Gasteiger partial charge on any atom is -0.316 e. The van der Waals surface area contributed by atoms with E-state index in [0.717, 1.165) is 22.3 Å². The summed E-state index contributed by atoms with van der Waals surface area (Å²) in [6, 6.07) is 24.9. The van der Waals surface area contributed by atoms with Gasteiger partial charge in [0.2, 0.25) is 0 Å². The highest BCUT2D eigenvalue weighted by Crippen LogP contribution is 2.24. The van der Waals surface area contributed by atoms with Crippen LogP contribution < -0.4 is 0 Å². The Morgan fingerprint density at radius 1 is 0.762 bits per heavy atom. The van der Waals surface area contributed by atoms with Gasteiger partial charge in [0, 0.05) is 29.0 Å². The summed E-state index contributed by atoms with van der Waals surface area (Å²) in [7, 11) is 0. The van der Waals surface area contributed by atoms with Gasteiger partial charge in [-0.25, -0.2) is 0 Å². The zero-order valence-electron chi connectivity index (χ0n) is 11.5. The molecule has 2 heteroatoms. The van der Waals surface area contributed by atoms with Crippen molar-refractivity contribution in [1.82, 2.24) is 9.55 Å². The monoisotopic (exact) mass is 270 g/mol. The third-order valence-electron chi connectivity index (χ3n) is 3.68. The van der Waals surface area contributed by atoms with Gasteiger partial charge < -0.3 is 4.57 Å². The summed E-state index contributed by atoms with van der Waals surface area (Å²) in [6.45, 7) is 0. The van der Waals surface area contributed by atoms with Gasteiger partial charge in [-0.15, -0.1) is 0 Å². The highest BCUT2D eigenvalue weighted by Gasteiger charge is 2.06. The van der Waals surface area contributed by atoms with E-state index in [2.05, 4.69) is 64.3 Å². The second-order valence-corrected chi connectivity index (χ2v) is 5.02. The van der Waals surface area contributed by atoms with E-state index in [-0.39, 0.29) is 0 Å². The zero-order chi connectivity index (χ0) is 14.1. The van der Waals surface area contributed by atoms with E-state index in [0.29, 0.717) is 0 Å². The number of pyridine rings is 1. The summed E-state index contributed by atoms with van der Waals surface area (Å²) in [5, 5.41) is 1.15. The number of rotatable bonds is 2. The van der Waals surface area contributed by atoms with Gasteiger partial charge in [0.05, 0.1) is 11.2 Å². The molecule has 0 aliphatic rings. The molecule has 0 amide bonds. The molecular formula is C19H14N2. The van der Waals surface area contributed by atoms with E-state index in [4.69, 9.17) is 0 Å². The van der Waals surface area contributed by atoms with Crippen molar-refractivity contribution >= 4 is 10.9 Å². The lowest BCUT2D eigenvalue weighted by Gasteiger charge is -2.06. The first-order valence-corrected chi connectivity index (χ1v) is 7.00. The van der Waals surface area contributed by atoms with Gasteiger partial charge in [-0.05, 0) is 24.3 Å². The molecule has 2 aromatic heterocycles. The summed E-state index contributed by atoms with van der Waals surface area (Å²) in [6.07, 6.45) is 4.04. The van der Waals surface area contributed by atoms with Crippen LogP contribution in [0.4, 0.5) is 0 Å². The van der Waals surface area contributed by atoms with Crippen LogP contribution in [0.1, 0.15) is 0 Å². The van der Waals surface area contributed by atoms with Gasteiger partial charge in [0.15, 0.2) is 0 Å². The fourth-order valence-corrected chi connectivity index (χ4v) is 2.61. The molecule has 0 saturated carbocycles. The van der Waals surface area contributed by atoms with E-state index < -0.39 is 0 Å². The first-order valence-electron chi connectivity index (χ1n) is 7.00. The number of hydrogen-bond acceptors (Lipinski definition) is 1. The Balaban J connectivity index is 1.91. The molecule has 0 saturated heterocycles. The summed E-state index contributed by atoms with van der Waals surface area (Å²) in [5.41, 5.74) is 4.48. The third-order valence-corrected chi connectivity index (χ3v) is 3.68. The molecule has 0 atom stereocenters. The largest absolute Gasteiger partial charge is 0.316 e. The highest BCUT2D eigenvalue weighted by atomic mass is 15.0. The summed E-state index contributed by atoms with van der Waals surface area (Å²) in [4.78, 5) is 4.57. The van der Waals surface area contributed by atoms with E-state index in [1.54, 1.807) is 0 Å². The number of benzene rings is 2. The van der Waals surface area contributed by atoms with Crippen LogP contribution >= 0.6 is 0 Å². The number of aromatic nitrogens is 2. The molecule has 0 aliphatic carbocycles. The Labute approximate surface area is 123 Å². The first-order chi connectivity index (χ1) is 10.4. The van der Waals surface area contributed by atoms with Gasteiger partial charge >= 0.3 is 0 Å². The Morgan fingerprint density at radius 2 is 1.48 bits per heavy atom. The fraction of sp³-hybridized carbons (Fsp3) is 0. The minimum absolute atomic E-state index is 0.999. The second kappa shape index (κ2) is 4.91. The SMILES string of the molecule is c1ccc(-c2cc3c(ccn3-c3ccccc3)cn2)cc1. The number of nitrogens with zero attached hydrogens (tertiary/aromatic N) is 2.